The van der Waals surface area contributed by atoms with E-state index in [0.29, 0.717) is 5.16 Å². The van der Waals surface area contributed by atoms with Crippen LogP contribution in [0.3, 0.4) is 0 Å². The van der Waals surface area contributed by atoms with E-state index < -0.39 is 0 Å². The molecular formula is C11H23P. The first kappa shape index (κ1) is 10.5. The van der Waals surface area contributed by atoms with Gasteiger partial charge in [-0.05, 0) is 36.7 Å². The Morgan fingerprint density at radius 2 is 1.75 bits per heavy atom. The van der Waals surface area contributed by atoms with E-state index >= 15 is 0 Å². The van der Waals surface area contributed by atoms with Gasteiger partial charge in [0.05, 0.1) is 0 Å². The zero-order chi connectivity index (χ0) is 9.35. The van der Waals surface area contributed by atoms with Crippen molar-refractivity contribution in [1.82, 2.24) is 0 Å². The lowest BCUT2D eigenvalue weighted by atomic mass is 9.86. The maximum absolute atomic E-state index is 2.48. The van der Waals surface area contributed by atoms with Crippen molar-refractivity contribution in [3.63, 3.8) is 0 Å². The fourth-order valence-electron chi connectivity index (χ4n) is 2.53. The Labute approximate surface area is 78.9 Å². The van der Waals surface area contributed by atoms with Gasteiger partial charge in [0.1, 0.15) is 0 Å². The highest BCUT2D eigenvalue weighted by Gasteiger charge is 2.38. The van der Waals surface area contributed by atoms with Crippen LogP contribution in [0.25, 0.3) is 0 Å². The quantitative estimate of drug-likeness (QED) is 0.573. The SMILES string of the molecule is CC1CCCC1C(C)(C)P(C)C. The molecule has 0 spiro atoms. The van der Waals surface area contributed by atoms with Crippen molar-refractivity contribution >= 4 is 7.92 Å². The van der Waals surface area contributed by atoms with Gasteiger partial charge in [-0.3, -0.25) is 0 Å². The van der Waals surface area contributed by atoms with Gasteiger partial charge < -0.3 is 0 Å². The standard InChI is InChI=1S/C11H23P/c1-9-7-6-8-10(9)11(2,3)12(4)5/h9-10H,6-8H2,1-5H3. The molecule has 0 aromatic carbocycles. The van der Waals surface area contributed by atoms with E-state index in [1.54, 1.807) is 0 Å². The summed E-state index contributed by atoms with van der Waals surface area (Å²) in [5.41, 5.74) is 0. The monoisotopic (exact) mass is 186 g/mol. The molecule has 0 aromatic rings. The van der Waals surface area contributed by atoms with Gasteiger partial charge in [0.2, 0.25) is 0 Å². The first-order chi connectivity index (χ1) is 5.46. The highest BCUT2D eigenvalue weighted by atomic mass is 31.1. The third-order valence-electron chi connectivity index (χ3n) is 3.92. The van der Waals surface area contributed by atoms with Crippen LogP contribution in [0.5, 0.6) is 0 Å². The molecule has 0 heterocycles. The predicted octanol–water partition coefficient (Wildman–Crippen LogP) is 3.94. The Kier molecular flexibility index (Phi) is 3.21. The average Bonchev–Trinajstić information content (AvgIpc) is 2.35. The summed E-state index contributed by atoms with van der Waals surface area (Å²) < 4.78 is 0. The minimum atomic E-state index is 0.219. The van der Waals surface area contributed by atoms with Crippen LogP contribution >= 0.6 is 7.92 Å². The maximum Gasteiger partial charge on any atom is -0.0125 e. The molecule has 0 nitrogen and oxygen atoms in total. The summed E-state index contributed by atoms with van der Waals surface area (Å²) in [5, 5.41) is 0.616. The van der Waals surface area contributed by atoms with Gasteiger partial charge in [-0.25, -0.2) is 0 Å². The van der Waals surface area contributed by atoms with E-state index in [9.17, 15) is 0 Å². The first-order valence-corrected chi connectivity index (χ1v) is 7.37. The Hall–Kier alpha value is 0.430. The lowest BCUT2D eigenvalue weighted by Gasteiger charge is -2.38. The minimum Gasteiger partial charge on any atom is -0.107 e. The second-order valence-corrected chi connectivity index (χ2v) is 8.00. The van der Waals surface area contributed by atoms with E-state index in [4.69, 9.17) is 0 Å². The third-order valence-corrected chi connectivity index (χ3v) is 6.56. The van der Waals surface area contributed by atoms with Crippen LogP contribution in [0.15, 0.2) is 0 Å². The molecule has 0 aromatic heterocycles. The fraction of sp³-hybridized carbons (Fsp3) is 1.00. The van der Waals surface area contributed by atoms with Crippen LogP contribution in [0, 0.1) is 11.8 Å². The van der Waals surface area contributed by atoms with Gasteiger partial charge in [0.25, 0.3) is 0 Å². The zero-order valence-corrected chi connectivity index (χ0v) is 10.1. The molecular weight excluding hydrogens is 163 g/mol. The van der Waals surface area contributed by atoms with E-state index in [2.05, 4.69) is 34.1 Å². The minimum absolute atomic E-state index is 0.219. The van der Waals surface area contributed by atoms with Crippen molar-refractivity contribution in [2.45, 2.75) is 45.2 Å². The van der Waals surface area contributed by atoms with Gasteiger partial charge in [-0.1, -0.05) is 33.6 Å². The van der Waals surface area contributed by atoms with E-state index in [-0.39, 0.29) is 7.92 Å². The zero-order valence-electron chi connectivity index (χ0n) is 9.22. The maximum atomic E-state index is 2.48. The fourth-order valence-corrected chi connectivity index (χ4v) is 3.57. The number of rotatable bonds is 2. The third kappa shape index (κ3) is 1.84. The second-order valence-electron chi connectivity index (χ2n) is 5.06. The Bertz CT molecular complexity index is 149. The van der Waals surface area contributed by atoms with Crippen LogP contribution < -0.4 is 0 Å². The van der Waals surface area contributed by atoms with Crippen LogP contribution in [0.4, 0.5) is 0 Å². The van der Waals surface area contributed by atoms with Crippen molar-refractivity contribution in [3.05, 3.63) is 0 Å². The summed E-state index contributed by atoms with van der Waals surface area (Å²) in [7, 11) is 0.219. The second kappa shape index (κ2) is 3.66. The molecule has 0 saturated heterocycles. The van der Waals surface area contributed by atoms with Crippen molar-refractivity contribution in [2.75, 3.05) is 13.3 Å². The normalized spacial score (nSPS) is 31.5. The molecule has 2 atom stereocenters. The average molecular weight is 186 g/mol. The van der Waals surface area contributed by atoms with Crippen molar-refractivity contribution in [2.24, 2.45) is 11.8 Å². The Morgan fingerprint density at radius 3 is 2.08 bits per heavy atom. The molecule has 0 amide bonds. The molecule has 0 bridgehead atoms. The first-order valence-electron chi connectivity index (χ1n) is 5.13. The van der Waals surface area contributed by atoms with Crippen molar-refractivity contribution < 1.29 is 0 Å². The largest absolute Gasteiger partial charge is 0.107 e. The molecule has 0 radical (unpaired) electrons. The summed E-state index contributed by atoms with van der Waals surface area (Å²) >= 11 is 0. The summed E-state index contributed by atoms with van der Waals surface area (Å²) in [6.45, 7) is 12.3. The van der Waals surface area contributed by atoms with Gasteiger partial charge in [0.15, 0.2) is 0 Å². The van der Waals surface area contributed by atoms with E-state index in [1.165, 1.54) is 19.3 Å². The summed E-state index contributed by atoms with van der Waals surface area (Å²) in [6.07, 6.45) is 4.42. The van der Waals surface area contributed by atoms with Crippen molar-refractivity contribution in [1.29, 1.82) is 0 Å². The molecule has 0 N–H and O–H groups in total. The lowest BCUT2D eigenvalue weighted by Crippen LogP contribution is -2.30. The van der Waals surface area contributed by atoms with Crippen LogP contribution in [0.1, 0.15) is 40.0 Å². The van der Waals surface area contributed by atoms with Gasteiger partial charge in [0, 0.05) is 0 Å². The molecule has 2 unspecified atom stereocenters. The highest BCUT2D eigenvalue weighted by Crippen LogP contribution is 2.54. The molecule has 1 heteroatoms. The van der Waals surface area contributed by atoms with E-state index in [0.717, 1.165) is 11.8 Å². The van der Waals surface area contributed by atoms with Gasteiger partial charge in [-0.2, -0.15) is 0 Å². The molecule has 12 heavy (non-hydrogen) atoms. The smallest absolute Gasteiger partial charge is 0.0125 e. The summed E-state index contributed by atoms with van der Waals surface area (Å²) in [6, 6.07) is 0. The molecule has 1 rings (SSSR count). The lowest BCUT2D eigenvalue weighted by molar-refractivity contribution is 0.340. The molecule has 1 aliphatic rings. The molecule has 1 fully saturated rings. The molecule has 1 saturated carbocycles. The molecule has 72 valence electrons. The van der Waals surface area contributed by atoms with E-state index in [1.807, 2.05) is 0 Å². The topological polar surface area (TPSA) is 0 Å². The van der Waals surface area contributed by atoms with Crippen LogP contribution in [0.2, 0.25) is 0 Å². The highest BCUT2D eigenvalue weighted by molar-refractivity contribution is 7.57. The molecule has 0 aliphatic heterocycles. The summed E-state index contributed by atoms with van der Waals surface area (Å²) in [4.78, 5) is 0. The Balaban J connectivity index is 2.67. The van der Waals surface area contributed by atoms with Crippen LogP contribution in [-0.4, -0.2) is 18.5 Å². The van der Waals surface area contributed by atoms with Crippen LogP contribution in [-0.2, 0) is 0 Å². The number of hydrogen-bond donors (Lipinski definition) is 0. The van der Waals surface area contributed by atoms with Crippen molar-refractivity contribution in [3.8, 4) is 0 Å². The van der Waals surface area contributed by atoms with Gasteiger partial charge in [-0.15, -0.1) is 7.92 Å². The Morgan fingerprint density at radius 1 is 1.17 bits per heavy atom. The summed E-state index contributed by atoms with van der Waals surface area (Å²) in [5.74, 6) is 1.98. The molecule has 1 aliphatic carbocycles. The predicted molar refractivity (Wildman–Crippen MR) is 59.4 cm³/mol. The number of hydrogen-bond acceptors (Lipinski definition) is 0. The van der Waals surface area contributed by atoms with Gasteiger partial charge >= 0.3 is 0 Å².